The van der Waals surface area contributed by atoms with Crippen molar-refractivity contribution in [3.05, 3.63) is 71.3 Å². The number of carbonyl (C=O) groups is 1. The van der Waals surface area contributed by atoms with Crippen molar-refractivity contribution in [1.29, 1.82) is 0 Å². The number of para-hydroxylation sites is 1. The van der Waals surface area contributed by atoms with Crippen molar-refractivity contribution in [2.45, 2.75) is 25.8 Å². The molecule has 1 fully saturated rings. The summed E-state index contributed by atoms with van der Waals surface area (Å²) < 4.78 is 20.3. The molecule has 31 heavy (non-hydrogen) atoms. The molecule has 0 radical (unpaired) electrons. The molecule has 0 aliphatic carbocycles. The first-order valence-corrected chi connectivity index (χ1v) is 10.4. The van der Waals surface area contributed by atoms with Crippen LogP contribution >= 0.6 is 0 Å². The first-order valence-electron chi connectivity index (χ1n) is 10.4. The van der Waals surface area contributed by atoms with Gasteiger partial charge in [0.2, 0.25) is 0 Å². The van der Waals surface area contributed by atoms with E-state index in [-0.39, 0.29) is 23.5 Å². The molecule has 1 aliphatic rings. The van der Waals surface area contributed by atoms with Crippen LogP contribution in [0.25, 0.3) is 5.69 Å². The Morgan fingerprint density at radius 3 is 2.58 bits per heavy atom. The van der Waals surface area contributed by atoms with Gasteiger partial charge in [0.1, 0.15) is 11.6 Å². The number of nitrogens with one attached hydrogen (secondary N) is 1. The van der Waals surface area contributed by atoms with Crippen LogP contribution < -0.4 is 10.1 Å². The maximum absolute atomic E-state index is 13.2. The molecule has 8 heteroatoms. The smallest absolute Gasteiger partial charge is 0.273 e. The number of hydrogen-bond acceptors (Lipinski definition) is 5. The highest BCUT2D eigenvalue weighted by Gasteiger charge is 2.27. The number of aromatic nitrogens is 3. The number of carbonyl (C=O) groups excluding carboxylic acids is 1. The summed E-state index contributed by atoms with van der Waals surface area (Å²) in [5.41, 5.74) is 2.55. The summed E-state index contributed by atoms with van der Waals surface area (Å²) in [7, 11) is 1.66. The number of ether oxygens (including phenoxy) is 1. The molecule has 162 valence electrons. The summed E-state index contributed by atoms with van der Waals surface area (Å²) in [4.78, 5) is 15.3. The second-order valence-electron chi connectivity index (χ2n) is 7.62. The summed E-state index contributed by atoms with van der Waals surface area (Å²) in [6, 6.07) is 13.8. The molecular formula is C23H26FN5O2. The van der Waals surface area contributed by atoms with E-state index in [1.165, 1.54) is 16.8 Å². The van der Waals surface area contributed by atoms with Crippen LogP contribution in [0.3, 0.4) is 0 Å². The van der Waals surface area contributed by atoms with Gasteiger partial charge in [0.25, 0.3) is 5.91 Å². The first-order chi connectivity index (χ1) is 15.1. The van der Waals surface area contributed by atoms with Crippen LogP contribution in [0.4, 0.5) is 4.39 Å². The zero-order chi connectivity index (χ0) is 21.8. The van der Waals surface area contributed by atoms with E-state index in [1.807, 2.05) is 24.3 Å². The van der Waals surface area contributed by atoms with Crippen molar-refractivity contribution < 1.29 is 13.9 Å². The molecule has 2 aromatic carbocycles. The zero-order valence-corrected chi connectivity index (χ0v) is 17.7. The second-order valence-corrected chi connectivity index (χ2v) is 7.62. The first kappa shape index (κ1) is 21.0. The number of hydrogen-bond donors (Lipinski definition) is 1. The van der Waals surface area contributed by atoms with Gasteiger partial charge >= 0.3 is 0 Å². The van der Waals surface area contributed by atoms with Crippen LogP contribution in [0.5, 0.6) is 5.75 Å². The maximum atomic E-state index is 13.2. The van der Waals surface area contributed by atoms with Crippen LogP contribution in [0.2, 0.25) is 0 Å². The number of halogens is 1. The Hall–Kier alpha value is -3.26. The van der Waals surface area contributed by atoms with Crippen LogP contribution in [-0.2, 0) is 0 Å². The normalized spacial score (nSPS) is 15.1. The molecule has 1 saturated heterocycles. The quantitative estimate of drug-likeness (QED) is 0.631. The van der Waals surface area contributed by atoms with Gasteiger partial charge in [-0.15, -0.1) is 5.10 Å². The molecule has 0 bridgehead atoms. The molecule has 0 spiro atoms. The van der Waals surface area contributed by atoms with Crippen molar-refractivity contribution in [3.8, 4) is 11.4 Å². The lowest BCUT2D eigenvalue weighted by Gasteiger charge is -2.29. The summed E-state index contributed by atoms with van der Waals surface area (Å²) in [5, 5.41) is 11.2. The minimum Gasteiger partial charge on any atom is -0.496 e. The van der Waals surface area contributed by atoms with Crippen molar-refractivity contribution in [2.75, 3.05) is 26.7 Å². The van der Waals surface area contributed by atoms with Crippen LogP contribution in [0.1, 0.15) is 40.6 Å². The van der Waals surface area contributed by atoms with E-state index in [4.69, 9.17) is 4.74 Å². The van der Waals surface area contributed by atoms with Gasteiger partial charge in [-0.05, 0) is 63.2 Å². The SMILES string of the molecule is COc1ccccc1C(CNC(=O)c1nnn(-c2ccc(F)cc2)c1C)N1CCCC1. The third-order valence-electron chi connectivity index (χ3n) is 5.72. The number of nitrogens with zero attached hydrogens (tertiary/aromatic N) is 4. The predicted molar refractivity (Wildman–Crippen MR) is 115 cm³/mol. The number of methoxy groups -OCH3 is 1. The van der Waals surface area contributed by atoms with Gasteiger partial charge in [0.05, 0.1) is 24.5 Å². The van der Waals surface area contributed by atoms with E-state index in [9.17, 15) is 9.18 Å². The van der Waals surface area contributed by atoms with Crippen LogP contribution in [0.15, 0.2) is 48.5 Å². The van der Waals surface area contributed by atoms with E-state index in [0.29, 0.717) is 17.9 Å². The molecule has 1 unspecified atom stereocenters. The molecule has 1 N–H and O–H groups in total. The van der Waals surface area contributed by atoms with E-state index >= 15 is 0 Å². The molecule has 0 saturated carbocycles. The van der Waals surface area contributed by atoms with Crippen LogP contribution in [0, 0.1) is 12.7 Å². The number of rotatable bonds is 7. The van der Waals surface area contributed by atoms with Crippen LogP contribution in [-0.4, -0.2) is 52.5 Å². The standard InChI is InChI=1S/C23H26FN5O2/c1-16-22(26-27-29(16)18-11-9-17(24)10-12-18)23(30)25-15-20(28-13-5-6-14-28)19-7-3-4-8-21(19)31-2/h3-4,7-12,20H,5-6,13-15H2,1-2H3,(H,25,30). The number of benzene rings is 2. The van der Waals surface area contributed by atoms with Crippen molar-refractivity contribution >= 4 is 5.91 Å². The fourth-order valence-corrected chi connectivity index (χ4v) is 4.07. The lowest BCUT2D eigenvalue weighted by molar-refractivity contribution is 0.0931. The van der Waals surface area contributed by atoms with Crippen molar-refractivity contribution in [2.24, 2.45) is 0 Å². The largest absolute Gasteiger partial charge is 0.496 e. The number of amides is 1. The Labute approximate surface area is 180 Å². The lowest BCUT2D eigenvalue weighted by Crippen LogP contribution is -2.37. The van der Waals surface area contributed by atoms with Gasteiger partial charge in [0, 0.05) is 12.1 Å². The molecule has 1 atom stereocenters. The average Bonchev–Trinajstić information content (AvgIpc) is 3.45. The molecule has 4 rings (SSSR count). The Kier molecular flexibility index (Phi) is 6.27. The van der Waals surface area contributed by atoms with Crippen molar-refractivity contribution in [3.63, 3.8) is 0 Å². The highest BCUT2D eigenvalue weighted by Crippen LogP contribution is 2.31. The predicted octanol–water partition coefficient (Wildman–Crippen LogP) is 3.29. The van der Waals surface area contributed by atoms with E-state index in [2.05, 4.69) is 20.5 Å². The summed E-state index contributed by atoms with van der Waals surface area (Å²) >= 11 is 0. The fraction of sp³-hybridized carbons (Fsp3) is 0.348. The molecule has 1 aliphatic heterocycles. The molecule has 1 amide bonds. The minimum absolute atomic E-state index is 0.00931. The monoisotopic (exact) mass is 423 g/mol. The topological polar surface area (TPSA) is 72.3 Å². The highest BCUT2D eigenvalue weighted by atomic mass is 19.1. The Bertz CT molecular complexity index is 1040. The molecule has 3 aromatic rings. The average molecular weight is 423 g/mol. The van der Waals surface area contributed by atoms with Crippen molar-refractivity contribution in [1.82, 2.24) is 25.2 Å². The lowest BCUT2D eigenvalue weighted by atomic mass is 10.0. The van der Waals surface area contributed by atoms with E-state index in [0.717, 1.165) is 37.2 Å². The van der Waals surface area contributed by atoms with Gasteiger partial charge < -0.3 is 10.1 Å². The minimum atomic E-state index is -0.330. The second kappa shape index (κ2) is 9.26. The zero-order valence-electron chi connectivity index (χ0n) is 17.7. The number of likely N-dealkylation sites (tertiary alicyclic amines) is 1. The van der Waals surface area contributed by atoms with Gasteiger partial charge in [0.15, 0.2) is 5.69 Å². The maximum Gasteiger partial charge on any atom is 0.273 e. The summed E-state index contributed by atoms with van der Waals surface area (Å²) in [6.07, 6.45) is 2.29. The van der Waals surface area contributed by atoms with E-state index < -0.39 is 0 Å². The van der Waals surface area contributed by atoms with Gasteiger partial charge in [-0.2, -0.15) is 0 Å². The van der Waals surface area contributed by atoms with E-state index in [1.54, 1.807) is 26.2 Å². The summed E-state index contributed by atoms with van der Waals surface area (Å²) in [5.74, 6) is 0.195. The Morgan fingerprint density at radius 1 is 1.16 bits per heavy atom. The third-order valence-corrected chi connectivity index (χ3v) is 5.72. The molecule has 2 heterocycles. The van der Waals surface area contributed by atoms with Gasteiger partial charge in [-0.1, -0.05) is 23.4 Å². The van der Waals surface area contributed by atoms with Gasteiger partial charge in [-0.25, -0.2) is 9.07 Å². The molecule has 7 nitrogen and oxygen atoms in total. The van der Waals surface area contributed by atoms with Gasteiger partial charge in [-0.3, -0.25) is 9.69 Å². The highest BCUT2D eigenvalue weighted by molar-refractivity contribution is 5.93. The molecular weight excluding hydrogens is 397 g/mol. The summed E-state index contributed by atoms with van der Waals surface area (Å²) in [6.45, 7) is 4.18. The Balaban J connectivity index is 1.52. The fourth-order valence-electron chi connectivity index (χ4n) is 4.07. The third kappa shape index (κ3) is 4.44. The Morgan fingerprint density at radius 2 is 1.87 bits per heavy atom. The molecule has 1 aromatic heterocycles.